The van der Waals surface area contributed by atoms with Crippen LogP contribution in [-0.4, -0.2) is 18.0 Å². The summed E-state index contributed by atoms with van der Waals surface area (Å²) in [6, 6.07) is 11.2. The Kier molecular flexibility index (Phi) is 3.34. The smallest absolute Gasteiger partial charge is 0.123 e. The van der Waals surface area contributed by atoms with E-state index in [0.717, 1.165) is 19.0 Å². The number of hydrogen-bond acceptors (Lipinski definition) is 2. The van der Waals surface area contributed by atoms with Crippen LogP contribution in [0.3, 0.4) is 0 Å². The van der Waals surface area contributed by atoms with Gasteiger partial charge in [0.1, 0.15) is 6.04 Å². The molecule has 1 heterocycles. The van der Waals surface area contributed by atoms with Gasteiger partial charge in [-0.3, -0.25) is 4.90 Å². The van der Waals surface area contributed by atoms with Crippen molar-refractivity contribution < 1.29 is 0 Å². The quantitative estimate of drug-likeness (QED) is 0.807. The Balaban J connectivity index is 1.81. The molecule has 0 radical (unpaired) electrons. The predicted molar refractivity (Wildman–Crippen MR) is 72.2 cm³/mol. The standard InChI is InChI=1S/C16H20N2/c17-12-16(18-9-2-1-3-10-18)15-6-4-5-14(11-15)13-7-8-13/h4-6,11,13,16H,1-3,7-10H2. The van der Waals surface area contributed by atoms with Crippen molar-refractivity contribution >= 4 is 0 Å². The van der Waals surface area contributed by atoms with Crippen LogP contribution in [-0.2, 0) is 0 Å². The Morgan fingerprint density at radius 3 is 2.61 bits per heavy atom. The van der Waals surface area contributed by atoms with Crippen molar-refractivity contribution in [3.8, 4) is 6.07 Å². The monoisotopic (exact) mass is 240 g/mol. The van der Waals surface area contributed by atoms with Gasteiger partial charge in [0.15, 0.2) is 0 Å². The zero-order valence-electron chi connectivity index (χ0n) is 10.8. The Hall–Kier alpha value is -1.33. The third kappa shape index (κ3) is 2.42. The summed E-state index contributed by atoms with van der Waals surface area (Å²) in [5.74, 6) is 0.769. The number of rotatable bonds is 3. The van der Waals surface area contributed by atoms with Crippen molar-refractivity contribution in [2.75, 3.05) is 13.1 Å². The van der Waals surface area contributed by atoms with E-state index in [4.69, 9.17) is 0 Å². The van der Waals surface area contributed by atoms with Crippen LogP contribution in [0.2, 0.25) is 0 Å². The van der Waals surface area contributed by atoms with E-state index < -0.39 is 0 Å². The predicted octanol–water partition coefficient (Wildman–Crippen LogP) is 3.61. The summed E-state index contributed by atoms with van der Waals surface area (Å²) >= 11 is 0. The van der Waals surface area contributed by atoms with Crippen molar-refractivity contribution in [1.29, 1.82) is 5.26 Å². The maximum atomic E-state index is 9.49. The number of nitrogens with zero attached hydrogens (tertiary/aromatic N) is 2. The van der Waals surface area contributed by atoms with Gasteiger partial charge in [0.05, 0.1) is 6.07 Å². The van der Waals surface area contributed by atoms with E-state index in [1.165, 1.54) is 43.2 Å². The van der Waals surface area contributed by atoms with Crippen LogP contribution in [0.4, 0.5) is 0 Å². The van der Waals surface area contributed by atoms with Gasteiger partial charge in [0.2, 0.25) is 0 Å². The first-order valence-corrected chi connectivity index (χ1v) is 7.12. The molecule has 0 amide bonds. The van der Waals surface area contributed by atoms with Crippen LogP contribution >= 0.6 is 0 Å². The fourth-order valence-corrected chi connectivity index (χ4v) is 2.94. The second-order valence-corrected chi connectivity index (χ2v) is 5.57. The summed E-state index contributed by atoms with van der Waals surface area (Å²) in [4.78, 5) is 2.34. The first kappa shape index (κ1) is 11.7. The van der Waals surface area contributed by atoms with Gasteiger partial charge in [0.25, 0.3) is 0 Å². The van der Waals surface area contributed by atoms with Gasteiger partial charge in [0, 0.05) is 0 Å². The van der Waals surface area contributed by atoms with E-state index >= 15 is 0 Å². The molecule has 1 unspecified atom stereocenters. The van der Waals surface area contributed by atoms with Gasteiger partial charge in [-0.15, -0.1) is 0 Å². The highest BCUT2D eigenvalue weighted by Crippen LogP contribution is 2.40. The second kappa shape index (κ2) is 5.12. The molecular formula is C16H20N2. The Morgan fingerprint density at radius 2 is 1.94 bits per heavy atom. The fraction of sp³-hybridized carbons (Fsp3) is 0.562. The second-order valence-electron chi connectivity index (χ2n) is 5.57. The van der Waals surface area contributed by atoms with Crippen molar-refractivity contribution in [3.63, 3.8) is 0 Å². The topological polar surface area (TPSA) is 27.0 Å². The van der Waals surface area contributed by atoms with Gasteiger partial charge in [-0.05, 0) is 55.8 Å². The molecule has 0 N–H and O–H groups in total. The Bertz CT molecular complexity index is 450. The van der Waals surface area contributed by atoms with Crippen molar-refractivity contribution in [3.05, 3.63) is 35.4 Å². The van der Waals surface area contributed by atoms with E-state index in [1.54, 1.807) is 0 Å². The summed E-state index contributed by atoms with van der Waals surface area (Å²) in [5.41, 5.74) is 2.63. The lowest BCUT2D eigenvalue weighted by Gasteiger charge is -2.30. The minimum atomic E-state index is -0.0380. The molecule has 2 fully saturated rings. The molecular weight excluding hydrogens is 220 g/mol. The number of hydrogen-bond donors (Lipinski definition) is 0. The number of likely N-dealkylation sites (tertiary alicyclic amines) is 1. The van der Waals surface area contributed by atoms with E-state index in [2.05, 4.69) is 35.2 Å². The minimum Gasteiger partial charge on any atom is -0.284 e. The van der Waals surface area contributed by atoms with Gasteiger partial charge >= 0.3 is 0 Å². The highest BCUT2D eigenvalue weighted by atomic mass is 15.2. The SMILES string of the molecule is N#CC(c1cccc(C2CC2)c1)N1CCCCC1. The molecule has 18 heavy (non-hydrogen) atoms. The summed E-state index contributed by atoms with van der Waals surface area (Å²) in [6.45, 7) is 2.15. The van der Waals surface area contributed by atoms with E-state index in [-0.39, 0.29) is 6.04 Å². The molecule has 1 aromatic rings. The van der Waals surface area contributed by atoms with E-state index in [9.17, 15) is 5.26 Å². The zero-order valence-corrected chi connectivity index (χ0v) is 10.8. The van der Waals surface area contributed by atoms with Gasteiger partial charge in [-0.2, -0.15) is 5.26 Å². The molecule has 0 bridgehead atoms. The van der Waals surface area contributed by atoms with Gasteiger partial charge < -0.3 is 0 Å². The molecule has 2 aliphatic rings. The minimum absolute atomic E-state index is 0.0380. The molecule has 1 aliphatic heterocycles. The van der Waals surface area contributed by atoms with Crippen LogP contribution < -0.4 is 0 Å². The molecule has 2 nitrogen and oxygen atoms in total. The Labute approximate surface area is 109 Å². The van der Waals surface area contributed by atoms with E-state index in [1.807, 2.05) is 0 Å². The van der Waals surface area contributed by atoms with Crippen molar-refractivity contribution in [2.45, 2.75) is 44.1 Å². The lowest BCUT2D eigenvalue weighted by atomic mass is 9.99. The highest BCUT2D eigenvalue weighted by molar-refractivity contribution is 5.33. The maximum absolute atomic E-state index is 9.49. The van der Waals surface area contributed by atoms with Crippen molar-refractivity contribution in [1.82, 2.24) is 4.90 Å². The van der Waals surface area contributed by atoms with E-state index in [0.29, 0.717) is 0 Å². The number of nitriles is 1. The van der Waals surface area contributed by atoms with Gasteiger partial charge in [-0.1, -0.05) is 30.7 Å². The van der Waals surface area contributed by atoms with Crippen LogP contribution in [0.1, 0.15) is 55.2 Å². The fourth-order valence-electron chi connectivity index (χ4n) is 2.94. The van der Waals surface area contributed by atoms with Gasteiger partial charge in [-0.25, -0.2) is 0 Å². The molecule has 2 heteroatoms. The first-order valence-electron chi connectivity index (χ1n) is 7.12. The molecule has 1 atom stereocenters. The lowest BCUT2D eigenvalue weighted by Crippen LogP contribution is -2.33. The van der Waals surface area contributed by atoms with Crippen LogP contribution in [0, 0.1) is 11.3 Å². The average molecular weight is 240 g/mol. The summed E-state index contributed by atoms with van der Waals surface area (Å²) in [6.07, 6.45) is 6.44. The molecule has 1 saturated heterocycles. The van der Waals surface area contributed by atoms with Crippen molar-refractivity contribution in [2.24, 2.45) is 0 Å². The molecule has 0 spiro atoms. The molecule has 0 aromatic heterocycles. The van der Waals surface area contributed by atoms with Crippen LogP contribution in [0.15, 0.2) is 24.3 Å². The molecule has 3 rings (SSSR count). The lowest BCUT2D eigenvalue weighted by molar-refractivity contribution is 0.196. The molecule has 1 saturated carbocycles. The highest BCUT2D eigenvalue weighted by Gasteiger charge is 2.26. The normalized spacial score (nSPS) is 22.4. The van der Waals surface area contributed by atoms with Crippen LogP contribution in [0.5, 0.6) is 0 Å². The third-order valence-electron chi connectivity index (χ3n) is 4.15. The third-order valence-corrected chi connectivity index (χ3v) is 4.15. The van der Waals surface area contributed by atoms with Crippen LogP contribution in [0.25, 0.3) is 0 Å². The summed E-state index contributed by atoms with van der Waals surface area (Å²) < 4.78 is 0. The molecule has 1 aromatic carbocycles. The Morgan fingerprint density at radius 1 is 1.17 bits per heavy atom. The number of piperidine rings is 1. The largest absolute Gasteiger partial charge is 0.284 e. The average Bonchev–Trinajstić information content (AvgIpc) is 3.26. The molecule has 1 aliphatic carbocycles. The maximum Gasteiger partial charge on any atom is 0.123 e. The summed E-state index contributed by atoms with van der Waals surface area (Å²) in [5, 5.41) is 9.49. The first-order chi connectivity index (χ1) is 8.88. The zero-order chi connectivity index (χ0) is 12.4. The molecule has 94 valence electrons. The summed E-state index contributed by atoms with van der Waals surface area (Å²) in [7, 11) is 0. The number of benzene rings is 1.